The summed E-state index contributed by atoms with van der Waals surface area (Å²) in [6, 6.07) is -0.463. The molecule has 0 aromatic carbocycles. The molecule has 0 heterocycles. The lowest BCUT2D eigenvalue weighted by molar-refractivity contribution is -0.118. The van der Waals surface area contributed by atoms with Crippen molar-refractivity contribution in [2.45, 2.75) is 45.3 Å². The number of ketones is 1. The third-order valence-electron chi connectivity index (χ3n) is 2.24. The Morgan fingerprint density at radius 2 is 2.00 bits per heavy atom. The summed E-state index contributed by atoms with van der Waals surface area (Å²) in [6.07, 6.45) is 1.33. The molecule has 1 saturated carbocycles. The smallest absolute Gasteiger partial charge is 0.408 e. The molecule has 0 bridgehead atoms. The first-order valence-corrected chi connectivity index (χ1v) is 4.43. The van der Waals surface area contributed by atoms with Gasteiger partial charge in [0.15, 0.2) is 5.78 Å². The van der Waals surface area contributed by atoms with Crippen LogP contribution >= 0.6 is 0 Å². The lowest BCUT2D eigenvalue weighted by atomic mass is 10.2. The number of alkyl carbamates (subject to hydrolysis) is 1. The fraction of sp³-hybridized carbons (Fsp3) is 0.778. The van der Waals surface area contributed by atoms with E-state index in [0.29, 0.717) is 0 Å². The van der Waals surface area contributed by atoms with Crippen molar-refractivity contribution >= 4 is 11.9 Å². The van der Waals surface area contributed by atoms with Crippen LogP contribution in [0.4, 0.5) is 4.79 Å². The van der Waals surface area contributed by atoms with Gasteiger partial charge in [-0.2, -0.15) is 0 Å². The van der Waals surface area contributed by atoms with Crippen molar-refractivity contribution in [1.29, 1.82) is 0 Å². The van der Waals surface area contributed by atoms with E-state index in [1.54, 1.807) is 6.92 Å². The van der Waals surface area contributed by atoms with Gasteiger partial charge >= 0.3 is 6.09 Å². The summed E-state index contributed by atoms with van der Waals surface area (Å²) in [5.41, 5.74) is -0.277. The quantitative estimate of drug-likeness (QED) is 0.719. The van der Waals surface area contributed by atoms with Crippen LogP contribution in [0.5, 0.6) is 0 Å². The van der Waals surface area contributed by atoms with E-state index in [2.05, 4.69) is 5.32 Å². The minimum absolute atomic E-state index is 0.0714. The van der Waals surface area contributed by atoms with Gasteiger partial charge in [0.1, 0.15) is 5.60 Å². The number of hydrogen-bond acceptors (Lipinski definition) is 3. The molecule has 0 saturated heterocycles. The second kappa shape index (κ2) is 3.36. The molecule has 1 atom stereocenters. The number of amides is 1. The minimum atomic E-state index is -0.498. The predicted molar refractivity (Wildman–Crippen MR) is 47.4 cm³/mol. The van der Waals surface area contributed by atoms with Crippen LogP contribution in [0.2, 0.25) is 0 Å². The molecule has 1 N–H and O–H groups in total. The van der Waals surface area contributed by atoms with Crippen LogP contribution in [-0.4, -0.2) is 23.5 Å². The molecule has 0 spiro atoms. The van der Waals surface area contributed by atoms with Gasteiger partial charge in [0.25, 0.3) is 0 Å². The number of carbonyl (C=O) groups is 2. The lowest BCUT2D eigenvalue weighted by Gasteiger charge is -2.14. The number of carbonyl (C=O) groups excluding carboxylic acids is 2. The van der Waals surface area contributed by atoms with Crippen molar-refractivity contribution in [2.75, 3.05) is 0 Å². The first-order chi connectivity index (χ1) is 5.93. The molecule has 1 aliphatic rings. The SMILES string of the molecule is CC(=O)C(C)NC(=O)OC1(C)CC1. The zero-order valence-electron chi connectivity index (χ0n) is 8.22. The Morgan fingerprint density at radius 1 is 1.46 bits per heavy atom. The molecule has 1 aliphatic carbocycles. The molecule has 0 aliphatic heterocycles. The average Bonchev–Trinajstić information content (AvgIpc) is 2.66. The highest BCUT2D eigenvalue weighted by atomic mass is 16.6. The van der Waals surface area contributed by atoms with E-state index in [1.807, 2.05) is 6.92 Å². The summed E-state index contributed by atoms with van der Waals surface area (Å²) >= 11 is 0. The molecule has 1 amide bonds. The summed E-state index contributed by atoms with van der Waals surface area (Å²) in [7, 11) is 0. The number of rotatable bonds is 3. The fourth-order valence-electron chi connectivity index (χ4n) is 0.810. The Balaban J connectivity index is 2.28. The Labute approximate surface area is 77.6 Å². The molecular weight excluding hydrogens is 170 g/mol. The van der Waals surface area contributed by atoms with Crippen molar-refractivity contribution in [3.63, 3.8) is 0 Å². The van der Waals surface area contributed by atoms with Gasteiger partial charge in [-0.25, -0.2) is 4.79 Å². The maximum Gasteiger partial charge on any atom is 0.408 e. The maximum absolute atomic E-state index is 11.1. The van der Waals surface area contributed by atoms with Gasteiger partial charge < -0.3 is 10.1 Å². The number of nitrogens with one attached hydrogen (secondary N) is 1. The molecular formula is C9H15NO3. The summed E-state index contributed by atoms with van der Waals surface area (Å²) in [5.74, 6) is -0.0714. The molecule has 0 aromatic rings. The standard InChI is InChI=1S/C9H15NO3/c1-6(7(2)11)10-8(12)13-9(3)4-5-9/h6H,4-5H2,1-3H3,(H,10,12). The van der Waals surface area contributed by atoms with Gasteiger partial charge in [0.2, 0.25) is 0 Å². The van der Waals surface area contributed by atoms with E-state index in [9.17, 15) is 9.59 Å². The molecule has 74 valence electrons. The monoisotopic (exact) mass is 185 g/mol. The molecule has 4 nitrogen and oxygen atoms in total. The highest BCUT2D eigenvalue weighted by molar-refractivity contribution is 5.85. The predicted octanol–water partition coefficient (Wildman–Crippen LogP) is 1.24. The summed E-state index contributed by atoms with van der Waals surface area (Å²) in [4.78, 5) is 21.9. The second-order valence-corrected chi connectivity index (χ2v) is 3.82. The van der Waals surface area contributed by atoms with Crippen LogP contribution in [0.25, 0.3) is 0 Å². The van der Waals surface area contributed by atoms with E-state index in [0.717, 1.165) is 12.8 Å². The molecule has 1 unspecified atom stereocenters. The Hall–Kier alpha value is -1.06. The third-order valence-corrected chi connectivity index (χ3v) is 2.24. The number of ether oxygens (including phenoxy) is 1. The number of hydrogen-bond donors (Lipinski definition) is 1. The first kappa shape index (κ1) is 10.0. The third kappa shape index (κ3) is 3.05. The van der Waals surface area contributed by atoms with Crippen molar-refractivity contribution in [1.82, 2.24) is 5.32 Å². The van der Waals surface area contributed by atoms with Crippen LogP contribution in [0.15, 0.2) is 0 Å². The highest BCUT2D eigenvalue weighted by Gasteiger charge is 2.41. The fourth-order valence-corrected chi connectivity index (χ4v) is 0.810. The topological polar surface area (TPSA) is 55.4 Å². The highest BCUT2D eigenvalue weighted by Crippen LogP contribution is 2.38. The second-order valence-electron chi connectivity index (χ2n) is 3.82. The van der Waals surface area contributed by atoms with Gasteiger partial charge in [-0.15, -0.1) is 0 Å². The summed E-state index contributed by atoms with van der Waals surface area (Å²) < 4.78 is 5.07. The van der Waals surface area contributed by atoms with Crippen LogP contribution in [0.1, 0.15) is 33.6 Å². The van der Waals surface area contributed by atoms with Gasteiger partial charge in [-0.1, -0.05) is 0 Å². The zero-order chi connectivity index (χ0) is 10.1. The van der Waals surface area contributed by atoms with Crippen molar-refractivity contribution in [3.05, 3.63) is 0 Å². The number of Topliss-reactive ketones (excluding diaryl/α,β-unsaturated/α-hetero) is 1. The Morgan fingerprint density at radius 3 is 2.38 bits per heavy atom. The van der Waals surface area contributed by atoms with E-state index in [-0.39, 0.29) is 11.4 Å². The average molecular weight is 185 g/mol. The van der Waals surface area contributed by atoms with Crippen molar-refractivity contribution in [2.24, 2.45) is 0 Å². The van der Waals surface area contributed by atoms with Crippen molar-refractivity contribution < 1.29 is 14.3 Å². The van der Waals surface area contributed by atoms with Crippen LogP contribution in [0, 0.1) is 0 Å². The van der Waals surface area contributed by atoms with E-state index < -0.39 is 12.1 Å². The van der Waals surface area contributed by atoms with Gasteiger partial charge in [0, 0.05) is 0 Å². The van der Waals surface area contributed by atoms with Crippen LogP contribution in [0.3, 0.4) is 0 Å². The van der Waals surface area contributed by atoms with Gasteiger partial charge in [0.05, 0.1) is 6.04 Å². The van der Waals surface area contributed by atoms with Gasteiger partial charge in [-0.05, 0) is 33.6 Å². The van der Waals surface area contributed by atoms with E-state index in [4.69, 9.17) is 4.74 Å². The minimum Gasteiger partial charge on any atom is -0.443 e. The molecule has 1 fully saturated rings. The van der Waals surface area contributed by atoms with Crippen LogP contribution < -0.4 is 5.32 Å². The summed E-state index contributed by atoms with van der Waals surface area (Å²) in [5, 5.41) is 2.47. The van der Waals surface area contributed by atoms with E-state index in [1.165, 1.54) is 6.92 Å². The first-order valence-electron chi connectivity index (χ1n) is 4.43. The molecule has 0 radical (unpaired) electrons. The molecule has 13 heavy (non-hydrogen) atoms. The van der Waals surface area contributed by atoms with Crippen LogP contribution in [-0.2, 0) is 9.53 Å². The molecule has 4 heteroatoms. The normalized spacial score (nSPS) is 20.2. The Kier molecular flexibility index (Phi) is 2.59. The zero-order valence-corrected chi connectivity index (χ0v) is 8.22. The molecule has 0 aromatic heterocycles. The maximum atomic E-state index is 11.1. The molecule has 1 rings (SSSR count). The summed E-state index contributed by atoms with van der Waals surface area (Å²) in [6.45, 7) is 4.95. The lowest BCUT2D eigenvalue weighted by Crippen LogP contribution is -2.39. The van der Waals surface area contributed by atoms with E-state index >= 15 is 0 Å². The van der Waals surface area contributed by atoms with Crippen molar-refractivity contribution in [3.8, 4) is 0 Å². The Bertz CT molecular complexity index is 233. The largest absolute Gasteiger partial charge is 0.443 e. The van der Waals surface area contributed by atoms with Gasteiger partial charge in [-0.3, -0.25) is 4.79 Å².